The highest BCUT2D eigenvalue weighted by molar-refractivity contribution is 9.10. The third-order valence-corrected chi connectivity index (χ3v) is 4.04. The molecule has 3 N–H and O–H groups in total. The monoisotopic (exact) mass is 352 g/mol. The molecular formula is C14H20BrF3N2. The van der Waals surface area contributed by atoms with E-state index in [1.165, 1.54) is 6.07 Å². The Morgan fingerprint density at radius 2 is 2.00 bits per heavy atom. The minimum atomic E-state index is -4.34. The van der Waals surface area contributed by atoms with E-state index in [9.17, 15) is 13.2 Å². The number of nitrogens with two attached hydrogens (primary N) is 1. The van der Waals surface area contributed by atoms with Gasteiger partial charge in [0, 0.05) is 10.5 Å². The first kappa shape index (κ1) is 17.5. The largest absolute Gasteiger partial charge is 0.416 e. The molecule has 0 amide bonds. The van der Waals surface area contributed by atoms with Crippen LogP contribution in [-0.4, -0.2) is 0 Å². The van der Waals surface area contributed by atoms with Gasteiger partial charge in [0.1, 0.15) is 0 Å². The van der Waals surface area contributed by atoms with Crippen molar-refractivity contribution in [2.75, 3.05) is 0 Å². The number of nitrogens with one attached hydrogen (secondary N) is 1. The van der Waals surface area contributed by atoms with Gasteiger partial charge in [0.25, 0.3) is 0 Å². The lowest BCUT2D eigenvalue weighted by Crippen LogP contribution is -2.30. The van der Waals surface area contributed by atoms with E-state index in [0.29, 0.717) is 22.4 Å². The second kappa shape index (κ2) is 7.43. The van der Waals surface area contributed by atoms with Gasteiger partial charge in [-0.2, -0.15) is 13.2 Å². The minimum absolute atomic E-state index is 0.298. The highest BCUT2D eigenvalue weighted by atomic mass is 79.9. The third kappa shape index (κ3) is 4.75. The predicted octanol–water partition coefficient (Wildman–Crippen LogP) is 4.80. The summed E-state index contributed by atoms with van der Waals surface area (Å²) in [6.07, 6.45) is -1.58. The molecule has 0 aliphatic rings. The van der Waals surface area contributed by atoms with Crippen LogP contribution in [0.3, 0.4) is 0 Å². The minimum Gasteiger partial charge on any atom is -0.271 e. The number of halogens is 4. The van der Waals surface area contributed by atoms with Crippen LogP contribution in [0.2, 0.25) is 0 Å². The molecule has 6 heteroatoms. The van der Waals surface area contributed by atoms with Crippen LogP contribution in [0.1, 0.15) is 50.3 Å². The third-order valence-electron chi connectivity index (χ3n) is 3.32. The molecule has 0 saturated heterocycles. The first-order valence-corrected chi connectivity index (χ1v) is 7.41. The molecule has 0 aromatic heterocycles. The maximum absolute atomic E-state index is 12.8. The quantitative estimate of drug-likeness (QED) is 0.570. The molecule has 114 valence electrons. The zero-order valence-corrected chi connectivity index (χ0v) is 13.2. The van der Waals surface area contributed by atoms with Crippen LogP contribution in [0.25, 0.3) is 0 Å². The Kier molecular flexibility index (Phi) is 6.48. The molecule has 0 radical (unpaired) electrons. The van der Waals surface area contributed by atoms with Gasteiger partial charge in [0.05, 0.1) is 5.56 Å². The fourth-order valence-electron chi connectivity index (χ4n) is 2.28. The van der Waals surface area contributed by atoms with E-state index >= 15 is 0 Å². The molecule has 20 heavy (non-hydrogen) atoms. The average molecular weight is 353 g/mol. The molecule has 1 rings (SSSR count). The molecule has 1 aromatic rings. The van der Waals surface area contributed by atoms with Crippen molar-refractivity contribution >= 4 is 15.9 Å². The highest BCUT2D eigenvalue weighted by Crippen LogP contribution is 2.35. The second-order valence-electron chi connectivity index (χ2n) is 5.08. The lowest BCUT2D eigenvalue weighted by molar-refractivity contribution is -0.137. The molecule has 2 atom stereocenters. The Bertz CT molecular complexity index is 435. The van der Waals surface area contributed by atoms with Gasteiger partial charge in [0.2, 0.25) is 0 Å². The van der Waals surface area contributed by atoms with Crippen LogP contribution in [0.4, 0.5) is 13.2 Å². The molecular weight excluding hydrogens is 333 g/mol. The summed E-state index contributed by atoms with van der Waals surface area (Å²) in [7, 11) is 0. The summed E-state index contributed by atoms with van der Waals surface area (Å²) in [4.78, 5) is 0. The lowest BCUT2D eigenvalue weighted by atomic mass is 9.92. The van der Waals surface area contributed by atoms with E-state index in [0.717, 1.165) is 25.0 Å². The number of hydrazine groups is 1. The Balaban J connectivity index is 3.02. The first-order valence-electron chi connectivity index (χ1n) is 6.62. The zero-order chi connectivity index (χ0) is 15.3. The summed E-state index contributed by atoms with van der Waals surface area (Å²) in [5, 5.41) is 0. The Morgan fingerprint density at radius 3 is 2.50 bits per heavy atom. The van der Waals surface area contributed by atoms with Crippen molar-refractivity contribution < 1.29 is 13.2 Å². The molecule has 0 spiro atoms. The standard InChI is InChI=1S/C14H20BrF3N2/c1-3-4-9(2)7-13(20-19)11-8-10(14(16,17)18)5-6-12(11)15/h5-6,8-9,13,20H,3-4,7,19H2,1-2H3. The number of hydrogen-bond donors (Lipinski definition) is 2. The molecule has 2 nitrogen and oxygen atoms in total. The fourth-order valence-corrected chi connectivity index (χ4v) is 2.81. The highest BCUT2D eigenvalue weighted by Gasteiger charge is 2.31. The van der Waals surface area contributed by atoms with E-state index in [1.807, 2.05) is 0 Å². The Morgan fingerprint density at radius 1 is 1.35 bits per heavy atom. The predicted molar refractivity (Wildman–Crippen MR) is 77.9 cm³/mol. The van der Waals surface area contributed by atoms with E-state index in [1.54, 1.807) is 0 Å². The molecule has 0 bridgehead atoms. The van der Waals surface area contributed by atoms with Gasteiger partial charge in [-0.1, -0.05) is 42.6 Å². The van der Waals surface area contributed by atoms with Crippen molar-refractivity contribution in [1.82, 2.24) is 5.43 Å². The Labute approximate surface area is 126 Å². The number of alkyl halides is 3. The van der Waals surface area contributed by atoms with Gasteiger partial charge < -0.3 is 0 Å². The van der Waals surface area contributed by atoms with Crippen LogP contribution >= 0.6 is 15.9 Å². The summed E-state index contributed by atoms with van der Waals surface area (Å²) in [6, 6.07) is 3.35. The summed E-state index contributed by atoms with van der Waals surface area (Å²) in [5.41, 5.74) is 2.52. The maximum atomic E-state index is 12.8. The van der Waals surface area contributed by atoms with Crippen LogP contribution in [0, 0.1) is 5.92 Å². The molecule has 0 aliphatic heterocycles. The van der Waals surface area contributed by atoms with Crippen molar-refractivity contribution in [2.45, 2.75) is 45.3 Å². The normalized spacial score (nSPS) is 15.2. The smallest absolute Gasteiger partial charge is 0.271 e. The summed E-state index contributed by atoms with van der Waals surface area (Å²) in [5.74, 6) is 5.92. The summed E-state index contributed by atoms with van der Waals surface area (Å²) in [6.45, 7) is 4.16. The van der Waals surface area contributed by atoms with Crippen LogP contribution < -0.4 is 11.3 Å². The number of rotatable bonds is 6. The van der Waals surface area contributed by atoms with Crippen LogP contribution in [0.15, 0.2) is 22.7 Å². The summed E-state index contributed by atoms with van der Waals surface area (Å²) < 4.78 is 39.0. The van der Waals surface area contributed by atoms with Crippen LogP contribution in [0.5, 0.6) is 0 Å². The van der Waals surface area contributed by atoms with Crippen LogP contribution in [-0.2, 0) is 6.18 Å². The van der Waals surface area contributed by atoms with Gasteiger partial charge in [-0.05, 0) is 36.1 Å². The number of benzene rings is 1. The fraction of sp³-hybridized carbons (Fsp3) is 0.571. The molecule has 0 aliphatic carbocycles. The first-order chi connectivity index (χ1) is 9.29. The SMILES string of the molecule is CCCC(C)CC(NN)c1cc(C(F)(F)F)ccc1Br. The summed E-state index contributed by atoms with van der Waals surface area (Å²) >= 11 is 3.30. The van der Waals surface area contributed by atoms with E-state index in [2.05, 4.69) is 35.2 Å². The lowest BCUT2D eigenvalue weighted by Gasteiger charge is -2.22. The van der Waals surface area contributed by atoms with E-state index in [-0.39, 0.29) is 6.04 Å². The molecule has 0 fully saturated rings. The van der Waals surface area contributed by atoms with Crippen molar-refractivity contribution in [1.29, 1.82) is 0 Å². The maximum Gasteiger partial charge on any atom is 0.416 e. The van der Waals surface area contributed by atoms with Gasteiger partial charge in [-0.3, -0.25) is 11.3 Å². The molecule has 2 unspecified atom stereocenters. The van der Waals surface area contributed by atoms with Gasteiger partial charge >= 0.3 is 6.18 Å². The number of hydrogen-bond acceptors (Lipinski definition) is 2. The molecule has 0 heterocycles. The van der Waals surface area contributed by atoms with Gasteiger partial charge in [-0.25, -0.2) is 0 Å². The van der Waals surface area contributed by atoms with E-state index in [4.69, 9.17) is 5.84 Å². The second-order valence-corrected chi connectivity index (χ2v) is 5.94. The molecule has 1 aromatic carbocycles. The Hall–Kier alpha value is -0.590. The molecule has 0 saturated carbocycles. The van der Waals surface area contributed by atoms with Crippen molar-refractivity contribution in [3.63, 3.8) is 0 Å². The van der Waals surface area contributed by atoms with Crippen molar-refractivity contribution in [2.24, 2.45) is 11.8 Å². The average Bonchev–Trinajstić information content (AvgIpc) is 2.35. The van der Waals surface area contributed by atoms with Gasteiger partial charge in [-0.15, -0.1) is 0 Å². The topological polar surface area (TPSA) is 38.0 Å². The van der Waals surface area contributed by atoms with Gasteiger partial charge in [0.15, 0.2) is 0 Å². The van der Waals surface area contributed by atoms with E-state index < -0.39 is 11.7 Å². The van der Waals surface area contributed by atoms with Crippen molar-refractivity contribution in [3.05, 3.63) is 33.8 Å². The van der Waals surface area contributed by atoms with Crippen molar-refractivity contribution in [3.8, 4) is 0 Å². The zero-order valence-electron chi connectivity index (χ0n) is 11.6.